The van der Waals surface area contributed by atoms with Crippen molar-refractivity contribution < 1.29 is 19.1 Å². The molecular formula is C25H23ClN2O4. The van der Waals surface area contributed by atoms with Crippen LogP contribution in [0.2, 0.25) is 5.02 Å². The molecule has 0 aliphatic carbocycles. The van der Waals surface area contributed by atoms with Gasteiger partial charge in [0.05, 0.1) is 31.5 Å². The molecule has 3 aromatic carbocycles. The number of hydrogen-bond acceptors (Lipinski definition) is 5. The fourth-order valence-corrected chi connectivity index (χ4v) is 3.75. The van der Waals surface area contributed by atoms with Crippen LogP contribution in [0.1, 0.15) is 11.1 Å². The summed E-state index contributed by atoms with van der Waals surface area (Å²) in [7, 11) is 3.10. The van der Waals surface area contributed by atoms with Crippen LogP contribution in [0.25, 0.3) is 5.70 Å². The fourth-order valence-electron chi connectivity index (χ4n) is 3.51. The van der Waals surface area contributed by atoms with E-state index in [0.29, 0.717) is 34.3 Å². The van der Waals surface area contributed by atoms with E-state index in [1.807, 2.05) is 60.7 Å². The minimum atomic E-state index is -0.820. The van der Waals surface area contributed by atoms with Crippen LogP contribution in [0.3, 0.4) is 0 Å². The van der Waals surface area contributed by atoms with E-state index < -0.39 is 6.10 Å². The monoisotopic (exact) mass is 450 g/mol. The second kappa shape index (κ2) is 9.77. The van der Waals surface area contributed by atoms with E-state index in [9.17, 15) is 4.79 Å². The zero-order chi connectivity index (χ0) is 22.5. The molecule has 32 heavy (non-hydrogen) atoms. The molecule has 0 saturated heterocycles. The lowest BCUT2D eigenvalue weighted by Crippen LogP contribution is -2.39. The predicted octanol–water partition coefficient (Wildman–Crippen LogP) is 4.83. The van der Waals surface area contributed by atoms with Crippen molar-refractivity contribution in [3.63, 3.8) is 0 Å². The Bertz CT molecular complexity index is 1120. The molecule has 1 heterocycles. The summed E-state index contributed by atoms with van der Waals surface area (Å²) in [5.41, 5.74) is 5.92. The predicted molar refractivity (Wildman–Crippen MR) is 125 cm³/mol. The topological polar surface area (TPSA) is 60.0 Å². The molecule has 0 spiro atoms. The van der Waals surface area contributed by atoms with Crippen LogP contribution in [0, 0.1) is 0 Å². The molecule has 0 bridgehead atoms. The first-order valence-electron chi connectivity index (χ1n) is 10.1. The summed E-state index contributed by atoms with van der Waals surface area (Å²) in [6.07, 6.45) is 0.906. The Morgan fingerprint density at radius 2 is 1.66 bits per heavy atom. The van der Waals surface area contributed by atoms with Gasteiger partial charge in [-0.3, -0.25) is 15.1 Å². The third kappa shape index (κ3) is 4.56. The molecular weight excluding hydrogens is 428 g/mol. The number of para-hydroxylation sites is 1. The van der Waals surface area contributed by atoms with Crippen LogP contribution in [0.4, 0.5) is 5.69 Å². The van der Waals surface area contributed by atoms with E-state index in [1.165, 1.54) is 7.11 Å². The Balaban J connectivity index is 1.64. The molecule has 0 unspecified atom stereocenters. The number of anilines is 1. The molecule has 0 saturated carbocycles. The largest absolute Gasteiger partial charge is 0.496 e. The van der Waals surface area contributed by atoms with Crippen molar-refractivity contribution in [2.75, 3.05) is 19.1 Å². The van der Waals surface area contributed by atoms with Crippen molar-refractivity contribution in [2.45, 2.75) is 12.6 Å². The smallest absolute Gasteiger partial charge is 0.263 e. The van der Waals surface area contributed by atoms with Crippen LogP contribution >= 0.6 is 11.6 Å². The van der Waals surface area contributed by atoms with E-state index in [4.69, 9.17) is 25.9 Å². The molecule has 0 aromatic heterocycles. The Labute approximate surface area is 191 Å². The molecule has 4 rings (SSSR count). The maximum absolute atomic E-state index is 13.5. The average molecular weight is 451 g/mol. The lowest BCUT2D eigenvalue weighted by Gasteiger charge is -2.24. The van der Waals surface area contributed by atoms with Gasteiger partial charge in [-0.25, -0.2) is 0 Å². The molecule has 0 fully saturated rings. The lowest BCUT2D eigenvalue weighted by molar-refractivity contribution is -0.128. The van der Waals surface area contributed by atoms with Crippen LogP contribution in [0.5, 0.6) is 11.5 Å². The number of nitrogens with zero attached hydrogens (tertiary/aromatic N) is 1. The quantitative estimate of drug-likeness (QED) is 0.558. The van der Waals surface area contributed by atoms with E-state index in [2.05, 4.69) is 5.48 Å². The van der Waals surface area contributed by atoms with Crippen LogP contribution in [0.15, 0.2) is 78.9 Å². The van der Waals surface area contributed by atoms with E-state index in [-0.39, 0.29) is 5.91 Å². The Morgan fingerprint density at radius 3 is 2.31 bits per heavy atom. The number of benzene rings is 3. The van der Waals surface area contributed by atoms with Crippen LogP contribution in [-0.2, 0) is 16.2 Å². The second-order valence-electron chi connectivity index (χ2n) is 7.15. The van der Waals surface area contributed by atoms with Crippen molar-refractivity contribution in [2.24, 2.45) is 0 Å². The van der Waals surface area contributed by atoms with E-state index in [0.717, 1.165) is 11.3 Å². The average Bonchev–Trinajstić information content (AvgIpc) is 3.33. The summed E-state index contributed by atoms with van der Waals surface area (Å²) in [5.74, 6) is 0.851. The zero-order valence-electron chi connectivity index (χ0n) is 17.7. The Morgan fingerprint density at radius 1 is 1.00 bits per heavy atom. The van der Waals surface area contributed by atoms with Gasteiger partial charge in [-0.2, -0.15) is 0 Å². The van der Waals surface area contributed by atoms with Crippen molar-refractivity contribution in [1.29, 1.82) is 0 Å². The third-order valence-corrected chi connectivity index (χ3v) is 5.43. The van der Waals surface area contributed by atoms with Gasteiger partial charge >= 0.3 is 0 Å². The zero-order valence-corrected chi connectivity index (χ0v) is 18.5. The van der Waals surface area contributed by atoms with Crippen LogP contribution in [-0.4, -0.2) is 26.2 Å². The van der Waals surface area contributed by atoms with Crippen LogP contribution < -0.4 is 19.9 Å². The summed E-state index contributed by atoms with van der Waals surface area (Å²) in [4.78, 5) is 20.8. The summed E-state index contributed by atoms with van der Waals surface area (Å²) in [6, 6.07) is 22.8. The number of hydrogen-bond donors (Lipinski definition) is 1. The number of carbonyl (C=O) groups excluding carboxylic acids is 1. The van der Waals surface area contributed by atoms with Gasteiger partial charge in [-0.15, -0.1) is 0 Å². The van der Waals surface area contributed by atoms with E-state index >= 15 is 0 Å². The molecule has 1 atom stereocenters. The molecule has 3 aromatic rings. The highest BCUT2D eigenvalue weighted by Gasteiger charge is 2.31. The van der Waals surface area contributed by atoms with Crippen molar-refractivity contribution >= 4 is 28.9 Å². The molecule has 1 aliphatic rings. The molecule has 7 heteroatoms. The number of carbonyl (C=O) groups is 1. The third-order valence-electron chi connectivity index (χ3n) is 5.14. The lowest BCUT2D eigenvalue weighted by atomic mass is 10.1. The standard InChI is InChI=1S/C25H23ClN2O4/c1-30-22-15-23(31-2)20(26)13-19(22)21-14-24(32-27-21)25(29)28(18-11-7-4-8-12-18)16-17-9-5-3-6-10-17/h3-15,24,27H,16H2,1-2H3/t24-/m1/s1. The van der Waals surface area contributed by atoms with Crippen molar-refractivity contribution in [3.8, 4) is 11.5 Å². The van der Waals surface area contributed by atoms with Gasteiger partial charge in [0, 0.05) is 17.3 Å². The minimum Gasteiger partial charge on any atom is -0.496 e. The Kier molecular flexibility index (Phi) is 6.63. The normalized spacial score (nSPS) is 15.0. The highest BCUT2D eigenvalue weighted by atomic mass is 35.5. The molecule has 164 valence electrons. The minimum absolute atomic E-state index is 0.193. The number of ether oxygens (including phenoxy) is 2. The highest BCUT2D eigenvalue weighted by molar-refractivity contribution is 6.32. The first-order valence-corrected chi connectivity index (χ1v) is 10.4. The number of hydroxylamine groups is 1. The molecule has 0 radical (unpaired) electrons. The maximum Gasteiger partial charge on any atom is 0.263 e. The number of nitrogens with one attached hydrogen (secondary N) is 1. The van der Waals surface area contributed by atoms with Crippen molar-refractivity contribution in [3.05, 3.63) is 95.0 Å². The number of methoxy groups -OCH3 is 2. The molecule has 1 amide bonds. The SMILES string of the molecule is COc1cc(OC)c(C2=C[C@H](C(=O)N(Cc3ccccc3)c3ccccc3)ON2)cc1Cl. The van der Waals surface area contributed by atoms with Gasteiger partial charge < -0.3 is 14.4 Å². The fraction of sp³-hybridized carbons (Fsp3) is 0.160. The molecule has 6 nitrogen and oxygen atoms in total. The Hall–Kier alpha value is -3.48. The van der Waals surface area contributed by atoms with Gasteiger partial charge in [0.15, 0.2) is 6.10 Å². The highest BCUT2D eigenvalue weighted by Crippen LogP contribution is 2.37. The van der Waals surface area contributed by atoms with E-state index in [1.54, 1.807) is 30.2 Å². The number of halogens is 1. The number of amides is 1. The van der Waals surface area contributed by atoms with Gasteiger partial charge in [0.25, 0.3) is 5.91 Å². The van der Waals surface area contributed by atoms with Gasteiger partial charge in [0.1, 0.15) is 11.5 Å². The first-order chi connectivity index (χ1) is 15.6. The molecule has 1 N–H and O–H groups in total. The summed E-state index contributed by atoms with van der Waals surface area (Å²) >= 11 is 6.31. The molecule has 1 aliphatic heterocycles. The van der Waals surface area contributed by atoms with Gasteiger partial charge in [-0.05, 0) is 29.8 Å². The second-order valence-corrected chi connectivity index (χ2v) is 7.56. The van der Waals surface area contributed by atoms with Crippen molar-refractivity contribution in [1.82, 2.24) is 5.48 Å². The first kappa shape index (κ1) is 21.7. The number of rotatable bonds is 7. The summed E-state index contributed by atoms with van der Waals surface area (Å²) in [6.45, 7) is 0.421. The van der Waals surface area contributed by atoms with Gasteiger partial charge in [0.2, 0.25) is 0 Å². The summed E-state index contributed by atoms with van der Waals surface area (Å²) in [5, 5.41) is 0.427. The maximum atomic E-state index is 13.5. The van der Waals surface area contributed by atoms with Gasteiger partial charge in [-0.1, -0.05) is 60.1 Å². The summed E-state index contributed by atoms with van der Waals surface area (Å²) < 4.78 is 10.7.